The van der Waals surface area contributed by atoms with E-state index in [-0.39, 0.29) is 11.5 Å². The van der Waals surface area contributed by atoms with E-state index in [1.165, 1.54) is 0 Å². The summed E-state index contributed by atoms with van der Waals surface area (Å²) in [7, 11) is 0. The molecule has 1 N–H and O–H groups in total. The van der Waals surface area contributed by atoms with Gasteiger partial charge in [0, 0.05) is 15.6 Å². The molecule has 11 heteroatoms. The van der Waals surface area contributed by atoms with E-state index in [4.69, 9.17) is 44.3 Å². The van der Waals surface area contributed by atoms with Crippen molar-refractivity contribution in [1.29, 1.82) is 0 Å². The molecule has 1 saturated heterocycles. The Kier molecular flexibility index (Phi) is 9.22. The van der Waals surface area contributed by atoms with Gasteiger partial charge in [-0.25, -0.2) is 0 Å². The van der Waals surface area contributed by atoms with Gasteiger partial charge in [-0.15, -0.1) is 0 Å². The maximum atomic E-state index is 12.9. The Labute approximate surface area is 238 Å². The van der Waals surface area contributed by atoms with Crippen LogP contribution in [0.15, 0.2) is 65.6 Å². The number of anilines is 1. The van der Waals surface area contributed by atoms with E-state index in [0.717, 1.165) is 22.2 Å². The standard InChI is InChI=1S/C27H21Cl3N2O5S/c1-2-36-23-11-16(7-10-22(23)37-15-17-8-9-18(28)13-20(17)30)12-24-26(34)32(27(35)38-24)14-25(33)31-21-6-4-3-5-19(21)29/h3-13H,2,14-15H2,1H3,(H,31,33)/b24-12+. The number of para-hydroxylation sites is 1. The highest BCUT2D eigenvalue weighted by molar-refractivity contribution is 8.18. The molecule has 0 saturated carbocycles. The molecule has 0 aliphatic carbocycles. The molecule has 0 aromatic heterocycles. The maximum absolute atomic E-state index is 12.9. The Morgan fingerprint density at radius 3 is 2.50 bits per heavy atom. The van der Waals surface area contributed by atoms with Crippen molar-refractivity contribution in [2.45, 2.75) is 13.5 Å². The Balaban J connectivity index is 1.46. The average Bonchev–Trinajstić information content (AvgIpc) is 3.13. The number of nitrogens with one attached hydrogen (secondary N) is 1. The van der Waals surface area contributed by atoms with Gasteiger partial charge in [0.15, 0.2) is 11.5 Å². The minimum absolute atomic E-state index is 0.185. The lowest BCUT2D eigenvalue weighted by atomic mass is 10.1. The number of amides is 3. The largest absolute Gasteiger partial charge is 0.490 e. The van der Waals surface area contributed by atoms with Crippen LogP contribution in [-0.4, -0.2) is 35.1 Å². The monoisotopic (exact) mass is 590 g/mol. The van der Waals surface area contributed by atoms with Crippen LogP contribution >= 0.6 is 46.6 Å². The smallest absolute Gasteiger partial charge is 0.294 e. The second kappa shape index (κ2) is 12.6. The SMILES string of the molecule is CCOc1cc(/C=C2/SC(=O)N(CC(=O)Nc3ccccc3Cl)C2=O)ccc1OCc1ccc(Cl)cc1Cl. The second-order valence-corrected chi connectivity index (χ2v) is 10.2. The summed E-state index contributed by atoms with van der Waals surface area (Å²) in [5, 5.41) is 3.44. The Morgan fingerprint density at radius 2 is 1.76 bits per heavy atom. The van der Waals surface area contributed by atoms with Gasteiger partial charge in [0.2, 0.25) is 5.91 Å². The zero-order valence-corrected chi connectivity index (χ0v) is 23.1. The molecule has 1 heterocycles. The van der Waals surface area contributed by atoms with Gasteiger partial charge in [-0.3, -0.25) is 19.3 Å². The minimum Gasteiger partial charge on any atom is -0.490 e. The van der Waals surface area contributed by atoms with Crippen LogP contribution in [0.2, 0.25) is 15.1 Å². The molecule has 0 bridgehead atoms. The molecule has 0 atom stereocenters. The highest BCUT2D eigenvalue weighted by Gasteiger charge is 2.36. The zero-order valence-electron chi connectivity index (χ0n) is 20.0. The number of thioether (sulfide) groups is 1. The molecule has 196 valence electrons. The maximum Gasteiger partial charge on any atom is 0.294 e. The summed E-state index contributed by atoms with van der Waals surface area (Å²) in [4.78, 5) is 38.9. The van der Waals surface area contributed by atoms with Crippen LogP contribution in [0.25, 0.3) is 6.08 Å². The molecular weight excluding hydrogens is 571 g/mol. The van der Waals surface area contributed by atoms with Crippen LogP contribution in [0.3, 0.4) is 0 Å². The molecular formula is C27H21Cl3N2O5S. The first-order valence-corrected chi connectivity index (χ1v) is 13.3. The van der Waals surface area contributed by atoms with Gasteiger partial charge < -0.3 is 14.8 Å². The molecule has 3 aromatic carbocycles. The lowest BCUT2D eigenvalue weighted by molar-refractivity contribution is -0.127. The first kappa shape index (κ1) is 27.9. The molecule has 0 radical (unpaired) electrons. The van der Waals surface area contributed by atoms with Crippen LogP contribution in [0.4, 0.5) is 10.5 Å². The van der Waals surface area contributed by atoms with Crippen molar-refractivity contribution in [1.82, 2.24) is 4.90 Å². The van der Waals surface area contributed by atoms with Crippen LogP contribution in [0.1, 0.15) is 18.1 Å². The number of halogens is 3. The molecule has 1 fully saturated rings. The number of carbonyl (C=O) groups excluding carboxylic acids is 3. The van der Waals surface area contributed by atoms with Crippen molar-refractivity contribution < 1.29 is 23.9 Å². The highest BCUT2D eigenvalue weighted by Crippen LogP contribution is 2.35. The summed E-state index contributed by atoms with van der Waals surface area (Å²) in [6, 6.07) is 17.0. The highest BCUT2D eigenvalue weighted by atomic mass is 35.5. The molecule has 7 nitrogen and oxygen atoms in total. The van der Waals surface area contributed by atoms with Crippen molar-refractivity contribution in [2.75, 3.05) is 18.5 Å². The third-order valence-corrected chi connectivity index (χ3v) is 7.11. The topological polar surface area (TPSA) is 84.9 Å². The number of ether oxygens (including phenoxy) is 2. The van der Waals surface area contributed by atoms with Crippen LogP contribution in [0, 0.1) is 0 Å². The van der Waals surface area contributed by atoms with Crippen LogP contribution < -0.4 is 14.8 Å². The van der Waals surface area contributed by atoms with E-state index in [2.05, 4.69) is 5.32 Å². The molecule has 3 aromatic rings. The molecule has 0 spiro atoms. The number of rotatable bonds is 9. The van der Waals surface area contributed by atoms with E-state index in [9.17, 15) is 14.4 Å². The summed E-state index contributed by atoms with van der Waals surface area (Å²) in [5.74, 6) is -0.156. The van der Waals surface area contributed by atoms with Gasteiger partial charge >= 0.3 is 0 Å². The fraction of sp³-hybridized carbons (Fsp3) is 0.148. The molecule has 1 aliphatic heterocycles. The van der Waals surface area contributed by atoms with Crippen LogP contribution in [-0.2, 0) is 16.2 Å². The first-order chi connectivity index (χ1) is 18.2. The van der Waals surface area contributed by atoms with E-state index in [0.29, 0.717) is 44.4 Å². The van der Waals surface area contributed by atoms with Gasteiger partial charge in [-0.05, 0) is 66.7 Å². The van der Waals surface area contributed by atoms with E-state index < -0.39 is 23.6 Å². The van der Waals surface area contributed by atoms with E-state index in [1.807, 2.05) is 6.92 Å². The molecule has 38 heavy (non-hydrogen) atoms. The van der Waals surface area contributed by atoms with Crippen molar-refractivity contribution in [3.63, 3.8) is 0 Å². The van der Waals surface area contributed by atoms with Crippen molar-refractivity contribution in [2.24, 2.45) is 0 Å². The van der Waals surface area contributed by atoms with Gasteiger partial charge in [-0.1, -0.05) is 59.1 Å². The predicted molar refractivity (Wildman–Crippen MR) is 151 cm³/mol. The Hall–Kier alpha value is -3.17. The number of hydrogen-bond acceptors (Lipinski definition) is 6. The Morgan fingerprint density at radius 1 is 0.974 bits per heavy atom. The summed E-state index contributed by atoms with van der Waals surface area (Å²) >= 11 is 19.0. The van der Waals surface area contributed by atoms with Crippen molar-refractivity contribution in [3.05, 3.63) is 91.8 Å². The summed E-state index contributed by atoms with van der Waals surface area (Å²) in [5.41, 5.74) is 1.77. The van der Waals surface area contributed by atoms with Crippen molar-refractivity contribution >= 4 is 75.4 Å². The van der Waals surface area contributed by atoms with Crippen molar-refractivity contribution in [3.8, 4) is 11.5 Å². The first-order valence-electron chi connectivity index (χ1n) is 11.4. The van der Waals surface area contributed by atoms with E-state index in [1.54, 1.807) is 66.7 Å². The Bertz CT molecular complexity index is 1430. The molecule has 1 aliphatic rings. The summed E-state index contributed by atoms with van der Waals surface area (Å²) < 4.78 is 11.6. The lowest BCUT2D eigenvalue weighted by Crippen LogP contribution is -2.36. The minimum atomic E-state index is -0.565. The third-order valence-electron chi connectivity index (χ3n) is 5.29. The van der Waals surface area contributed by atoms with Crippen LogP contribution in [0.5, 0.6) is 11.5 Å². The summed E-state index contributed by atoms with van der Waals surface area (Å²) in [6.07, 6.45) is 1.57. The number of nitrogens with zero attached hydrogens (tertiary/aromatic N) is 1. The molecule has 3 amide bonds. The van der Waals surface area contributed by atoms with Gasteiger partial charge in [-0.2, -0.15) is 0 Å². The number of benzene rings is 3. The predicted octanol–water partition coefficient (Wildman–Crippen LogP) is 7.30. The van der Waals surface area contributed by atoms with Gasteiger partial charge in [0.05, 0.1) is 22.2 Å². The van der Waals surface area contributed by atoms with E-state index >= 15 is 0 Å². The summed E-state index contributed by atoms with van der Waals surface area (Å²) in [6.45, 7) is 1.99. The average molecular weight is 592 g/mol. The molecule has 0 unspecified atom stereocenters. The normalized spacial score (nSPS) is 14.2. The fourth-order valence-corrected chi connectivity index (χ4v) is 4.96. The third kappa shape index (κ3) is 6.82. The molecule has 4 rings (SSSR count). The van der Waals surface area contributed by atoms with Gasteiger partial charge in [0.25, 0.3) is 11.1 Å². The quantitative estimate of drug-likeness (QED) is 0.263. The number of carbonyl (C=O) groups is 3. The van der Waals surface area contributed by atoms with Gasteiger partial charge in [0.1, 0.15) is 13.2 Å². The fourth-order valence-electron chi connectivity index (χ4n) is 3.48. The number of hydrogen-bond donors (Lipinski definition) is 1. The second-order valence-electron chi connectivity index (χ2n) is 7.96. The zero-order chi connectivity index (χ0) is 27.2. The lowest BCUT2D eigenvalue weighted by Gasteiger charge is -2.14. The number of imide groups is 1.